The fourth-order valence-electron chi connectivity index (χ4n) is 2.07. The van der Waals surface area contributed by atoms with E-state index in [-0.39, 0.29) is 17.6 Å². The fourth-order valence-corrected chi connectivity index (χ4v) is 2.27. The second-order valence-electron chi connectivity index (χ2n) is 4.66. The molecular weight excluding hydrogens is 276 g/mol. The number of aliphatic hydroxyl groups is 1. The Bertz CT molecular complexity index is 616. The zero-order chi connectivity index (χ0) is 14.5. The standard InChI is InChI=1S/C15H17ClN2O2/c1-2-5-10(19)9-17-15(20)12-8-14(16)18-13-7-4-3-6-11(12)13/h3-4,6-8,10,19H,2,5,9H2,1H3,(H,17,20). The van der Waals surface area contributed by atoms with Crippen LogP contribution < -0.4 is 5.32 Å². The van der Waals surface area contributed by atoms with Crippen LogP contribution in [0.1, 0.15) is 30.1 Å². The monoisotopic (exact) mass is 292 g/mol. The summed E-state index contributed by atoms with van der Waals surface area (Å²) in [4.78, 5) is 16.4. The SMILES string of the molecule is CCCC(O)CNC(=O)c1cc(Cl)nc2ccccc12. The minimum absolute atomic E-state index is 0.237. The second-order valence-corrected chi connectivity index (χ2v) is 5.05. The summed E-state index contributed by atoms with van der Waals surface area (Å²) in [6, 6.07) is 8.88. The number of rotatable bonds is 5. The minimum atomic E-state index is -0.521. The molecule has 0 aliphatic carbocycles. The summed E-state index contributed by atoms with van der Waals surface area (Å²) in [5.74, 6) is -0.249. The van der Waals surface area contributed by atoms with Crippen LogP contribution in [-0.2, 0) is 0 Å². The molecule has 1 aromatic carbocycles. The summed E-state index contributed by atoms with van der Waals surface area (Å²) in [6.07, 6.45) is 1.02. The summed E-state index contributed by atoms with van der Waals surface area (Å²) < 4.78 is 0. The summed E-state index contributed by atoms with van der Waals surface area (Å²) in [5.41, 5.74) is 1.16. The molecule has 0 bridgehead atoms. The Morgan fingerprint density at radius 2 is 2.20 bits per heavy atom. The van der Waals surface area contributed by atoms with E-state index < -0.39 is 6.10 Å². The molecule has 0 fully saturated rings. The van der Waals surface area contributed by atoms with Crippen molar-refractivity contribution in [3.63, 3.8) is 0 Å². The maximum Gasteiger partial charge on any atom is 0.252 e. The van der Waals surface area contributed by atoms with Gasteiger partial charge in [-0.15, -0.1) is 0 Å². The number of hydrogen-bond donors (Lipinski definition) is 2. The average Bonchev–Trinajstić information content (AvgIpc) is 2.44. The Kier molecular flexibility index (Phi) is 4.93. The van der Waals surface area contributed by atoms with Gasteiger partial charge in [0.1, 0.15) is 5.15 Å². The van der Waals surface area contributed by atoms with Gasteiger partial charge in [-0.25, -0.2) is 4.98 Å². The average molecular weight is 293 g/mol. The van der Waals surface area contributed by atoms with Crippen LogP contribution in [0.2, 0.25) is 5.15 Å². The fraction of sp³-hybridized carbons (Fsp3) is 0.333. The molecule has 1 unspecified atom stereocenters. The van der Waals surface area contributed by atoms with Crippen molar-refractivity contribution in [3.05, 3.63) is 41.0 Å². The van der Waals surface area contributed by atoms with Crippen molar-refractivity contribution in [2.45, 2.75) is 25.9 Å². The Morgan fingerprint density at radius 1 is 1.45 bits per heavy atom. The molecule has 4 nitrogen and oxygen atoms in total. The highest BCUT2D eigenvalue weighted by Gasteiger charge is 2.13. The van der Waals surface area contributed by atoms with Crippen LogP contribution in [0.25, 0.3) is 10.9 Å². The number of nitrogens with one attached hydrogen (secondary N) is 1. The molecule has 0 spiro atoms. The Morgan fingerprint density at radius 3 is 2.95 bits per heavy atom. The molecule has 0 radical (unpaired) electrons. The third kappa shape index (κ3) is 3.46. The van der Waals surface area contributed by atoms with Gasteiger partial charge in [0.15, 0.2) is 0 Å². The van der Waals surface area contributed by atoms with Crippen LogP contribution >= 0.6 is 11.6 Å². The summed E-state index contributed by atoms with van der Waals surface area (Å²) in [7, 11) is 0. The van der Waals surface area contributed by atoms with Gasteiger partial charge in [0.2, 0.25) is 0 Å². The van der Waals surface area contributed by atoms with E-state index in [4.69, 9.17) is 11.6 Å². The Labute approximate surface area is 122 Å². The van der Waals surface area contributed by atoms with Gasteiger partial charge in [0, 0.05) is 11.9 Å². The molecule has 2 rings (SSSR count). The van der Waals surface area contributed by atoms with Gasteiger partial charge in [-0.3, -0.25) is 4.79 Å². The molecule has 0 aliphatic heterocycles. The number of amides is 1. The van der Waals surface area contributed by atoms with Crippen LogP contribution in [0.5, 0.6) is 0 Å². The number of halogens is 1. The number of aliphatic hydroxyl groups excluding tert-OH is 1. The maximum absolute atomic E-state index is 12.2. The van der Waals surface area contributed by atoms with Gasteiger partial charge in [0.25, 0.3) is 5.91 Å². The van der Waals surface area contributed by atoms with E-state index in [1.165, 1.54) is 0 Å². The van der Waals surface area contributed by atoms with Crippen molar-refractivity contribution in [1.29, 1.82) is 0 Å². The zero-order valence-electron chi connectivity index (χ0n) is 11.3. The van der Waals surface area contributed by atoms with E-state index >= 15 is 0 Å². The molecule has 1 atom stereocenters. The molecule has 0 saturated carbocycles. The van der Waals surface area contributed by atoms with E-state index in [1.807, 2.05) is 31.2 Å². The molecule has 20 heavy (non-hydrogen) atoms. The Balaban J connectivity index is 2.21. The van der Waals surface area contributed by atoms with E-state index in [2.05, 4.69) is 10.3 Å². The molecule has 2 aromatic rings. The molecule has 1 aromatic heterocycles. The van der Waals surface area contributed by atoms with Gasteiger partial charge in [0.05, 0.1) is 17.2 Å². The number of para-hydroxylation sites is 1. The smallest absolute Gasteiger partial charge is 0.252 e. The Hall–Kier alpha value is -1.65. The molecule has 0 aliphatic rings. The van der Waals surface area contributed by atoms with Crippen LogP contribution in [0.4, 0.5) is 0 Å². The molecule has 5 heteroatoms. The maximum atomic E-state index is 12.2. The number of pyridine rings is 1. The van der Waals surface area contributed by atoms with E-state index in [1.54, 1.807) is 6.07 Å². The number of aromatic nitrogens is 1. The molecular formula is C15H17ClN2O2. The first-order valence-electron chi connectivity index (χ1n) is 6.63. The van der Waals surface area contributed by atoms with Crippen LogP contribution in [0.3, 0.4) is 0 Å². The van der Waals surface area contributed by atoms with Gasteiger partial charge in [-0.1, -0.05) is 43.1 Å². The van der Waals surface area contributed by atoms with Gasteiger partial charge < -0.3 is 10.4 Å². The lowest BCUT2D eigenvalue weighted by Crippen LogP contribution is -2.32. The summed E-state index contributed by atoms with van der Waals surface area (Å²) in [6.45, 7) is 2.22. The lowest BCUT2D eigenvalue weighted by Gasteiger charge is -2.12. The second kappa shape index (κ2) is 6.68. The van der Waals surface area contributed by atoms with Crippen molar-refractivity contribution in [3.8, 4) is 0 Å². The highest BCUT2D eigenvalue weighted by atomic mass is 35.5. The van der Waals surface area contributed by atoms with E-state index in [0.29, 0.717) is 17.5 Å². The predicted molar refractivity (Wildman–Crippen MR) is 80.0 cm³/mol. The number of benzene rings is 1. The quantitative estimate of drug-likeness (QED) is 0.833. The number of hydrogen-bond acceptors (Lipinski definition) is 3. The van der Waals surface area contributed by atoms with Crippen molar-refractivity contribution in [2.75, 3.05) is 6.54 Å². The number of carbonyl (C=O) groups excluding carboxylic acids is 1. The van der Waals surface area contributed by atoms with Crippen molar-refractivity contribution in [1.82, 2.24) is 10.3 Å². The van der Waals surface area contributed by atoms with Gasteiger partial charge in [-0.2, -0.15) is 0 Å². The van der Waals surface area contributed by atoms with Crippen molar-refractivity contribution in [2.24, 2.45) is 0 Å². The first-order valence-corrected chi connectivity index (χ1v) is 7.01. The third-order valence-corrected chi connectivity index (χ3v) is 3.24. The molecule has 1 amide bonds. The number of carbonyl (C=O) groups is 1. The van der Waals surface area contributed by atoms with Gasteiger partial charge in [-0.05, 0) is 18.6 Å². The molecule has 0 saturated heterocycles. The normalized spacial score (nSPS) is 12.3. The molecule has 106 valence electrons. The van der Waals surface area contributed by atoms with Crippen molar-refractivity contribution >= 4 is 28.4 Å². The third-order valence-electron chi connectivity index (χ3n) is 3.05. The highest BCUT2D eigenvalue weighted by molar-refractivity contribution is 6.30. The van der Waals surface area contributed by atoms with E-state index in [9.17, 15) is 9.90 Å². The largest absolute Gasteiger partial charge is 0.391 e. The lowest BCUT2D eigenvalue weighted by atomic mass is 10.1. The topological polar surface area (TPSA) is 62.2 Å². The highest BCUT2D eigenvalue weighted by Crippen LogP contribution is 2.20. The van der Waals surface area contributed by atoms with Crippen molar-refractivity contribution < 1.29 is 9.90 Å². The number of nitrogens with zero attached hydrogens (tertiary/aromatic N) is 1. The predicted octanol–water partition coefficient (Wildman–Crippen LogP) is 2.78. The minimum Gasteiger partial charge on any atom is -0.391 e. The summed E-state index contributed by atoms with van der Waals surface area (Å²) in [5, 5.41) is 13.4. The molecule has 1 heterocycles. The van der Waals surface area contributed by atoms with Gasteiger partial charge >= 0.3 is 0 Å². The van der Waals surface area contributed by atoms with Crippen LogP contribution in [-0.4, -0.2) is 28.6 Å². The molecule has 2 N–H and O–H groups in total. The number of fused-ring (bicyclic) bond motifs is 1. The first-order chi connectivity index (χ1) is 9.61. The summed E-state index contributed by atoms with van der Waals surface area (Å²) >= 11 is 5.94. The van der Waals surface area contributed by atoms with E-state index in [0.717, 1.165) is 11.8 Å². The zero-order valence-corrected chi connectivity index (χ0v) is 12.0. The van der Waals surface area contributed by atoms with Crippen LogP contribution in [0.15, 0.2) is 30.3 Å². The lowest BCUT2D eigenvalue weighted by molar-refractivity contribution is 0.0911. The first kappa shape index (κ1) is 14.8. The van der Waals surface area contributed by atoms with Crippen LogP contribution in [0, 0.1) is 0 Å².